The Morgan fingerprint density at radius 2 is 1.66 bits per heavy atom. The van der Waals surface area contributed by atoms with Gasteiger partial charge in [0.2, 0.25) is 0 Å². The van der Waals surface area contributed by atoms with Gasteiger partial charge < -0.3 is 14.2 Å². The van der Waals surface area contributed by atoms with Gasteiger partial charge >= 0.3 is 11.9 Å². The molecule has 0 spiro atoms. The fraction of sp³-hybridized carbons (Fsp3) is 0.700. The Bertz CT molecular complexity index is 1300. The summed E-state index contributed by atoms with van der Waals surface area (Å²) >= 11 is 0. The molecule has 4 bridgehead atoms. The van der Waals surface area contributed by atoms with E-state index in [9.17, 15) is 19.2 Å². The first-order valence-electron chi connectivity index (χ1n) is 18.2. The first kappa shape index (κ1) is 34.1. The van der Waals surface area contributed by atoms with Gasteiger partial charge in [-0.3, -0.25) is 14.4 Å². The number of carbonyl (C=O) groups excluding carboxylic acids is 4. The van der Waals surface area contributed by atoms with Crippen molar-refractivity contribution in [3.05, 3.63) is 47.6 Å². The average Bonchev–Trinajstić information content (AvgIpc) is 3.46. The van der Waals surface area contributed by atoms with Crippen LogP contribution in [0.15, 0.2) is 47.6 Å². The third-order valence-electron chi connectivity index (χ3n) is 13.0. The van der Waals surface area contributed by atoms with Crippen LogP contribution in [0.2, 0.25) is 0 Å². The highest BCUT2D eigenvalue weighted by molar-refractivity contribution is 6.01. The molecule has 0 aromatic rings. The standard InChI is InChI=1S/C40H54O7/c1-26(32-10-11-39(3)23-33-27(2)16-35(42)38(33)31(25-41)8-9-34(32)39)6-4-5-7-36(43)46-14-12-45-13-15-47-37(44)24-40-20-28-17-29(21-40)19-30(18-28)22-40/h4-8,16,25-26,28-30,32-34,38H,9-15,17-24H2,1-3H3/b6-4-,7-5-,31-8-/t26-,28?,29?,30?,32+,33+,34-,38-,39+,40?/m0/s1. The number of ether oxygens (including phenoxy) is 3. The molecule has 256 valence electrons. The summed E-state index contributed by atoms with van der Waals surface area (Å²) in [4.78, 5) is 49.4. The number of carbonyl (C=O) groups is 4. The number of ketones is 1. The highest BCUT2D eigenvalue weighted by Gasteiger charge is 2.52. The van der Waals surface area contributed by atoms with Gasteiger partial charge in [0.05, 0.1) is 25.6 Å². The van der Waals surface area contributed by atoms with Crippen LogP contribution in [0.4, 0.5) is 0 Å². The molecule has 0 aromatic carbocycles. The van der Waals surface area contributed by atoms with E-state index in [0.29, 0.717) is 36.4 Å². The van der Waals surface area contributed by atoms with E-state index in [1.54, 1.807) is 12.2 Å². The second-order valence-electron chi connectivity index (χ2n) is 16.3. The molecule has 7 rings (SSSR count). The average molecular weight is 647 g/mol. The van der Waals surface area contributed by atoms with Crippen molar-refractivity contribution in [3.8, 4) is 0 Å². The Morgan fingerprint density at radius 1 is 0.979 bits per heavy atom. The molecule has 0 saturated heterocycles. The smallest absolute Gasteiger partial charge is 0.330 e. The minimum Gasteiger partial charge on any atom is -0.463 e. The summed E-state index contributed by atoms with van der Waals surface area (Å²) < 4.78 is 16.3. The van der Waals surface area contributed by atoms with E-state index in [4.69, 9.17) is 14.2 Å². The molecule has 7 aliphatic rings. The van der Waals surface area contributed by atoms with Crippen molar-refractivity contribution in [2.45, 2.75) is 91.4 Å². The van der Waals surface area contributed by atoms with E-state index in [2.05, 4.69) is 19.9 Å². The van der Waals surface area contributed by atoms with E-state index < -0.39 is 5.97 Å². The van der Waals surface area contributed by atoms with Crippen molar-refractivity contribution in [1.82, 2.24) is 0 Å². The second-order valence-corrected chi connectivity index (χ2v) is 16.3. The van der Waals surface area contributed by atoms with Crippen LogP contribution >= 0.6 is 0 Å². The minimum absolute atomic E-state index is 0.0799. The maximum atomic E-state index is 12.7. The predicted octanol–water partition coefficient (Wildman–Crippen LogP) is 7.16. The topological polar surface area (TPSA) is 96.0 Å². The van der Waals surface area contributed by atoms with Crippen molar-refractivity contribution in [2.75, 3.05) is 26.4 Å². The number of allylic oxidation sites excluding steroid dienone is 7. The van der Waals surface area contributed by atoms with Gasteiger partial charge in [-0.2, -0.15) is 0 Å². The first-order valence-corrected chi connectivity index (χ1v) is 18.2. The van der Waals surface area contributed by atoms with E-state index in [1.165, 1.54) is 44.6 Å². The van der Waals surface area contributed by atoms with E-state index >= 15 is 0 Å². The van der Waals surface area contributed by atoms with E-state index in [1.807, 2.05) is 19.1 Å². The van der Waals surface area contributed by atoms with Crippen LogP contribution in [-0.2, 0) is 33.4 Å². The molecule has 0 heterocycles. The molecule has 47 heavy (non-hydrogen) atoms. The van der Waals surface area contributed by atoms with Gasteiger partial charge in [-0.05, 0) is 135 Å². The van der Waals surface area contributed by atoms with Crippen molar-refractivity contribution >= 4 is 24.0 Å². The Morgan fingerprint density at radius 3 is 2.34 bits per heavy atom. The van der Waals surface area contributed by atoms with Gasteiger partial charge in [-0.15, -0.1) is 0 Å². The van der Waals surface area contributed by atoms with Gasteiger partial charge in [-0.25, -0.2) is 4.79 Å². The molecule has 0 aliphatic heterocycles. The molecule has 6 atom stereocenters. The predicted molar refractivity (Wildman–Crippen MR) is 179 cm³/mol. The van der Waals surface area contributed by atoms with Crippen LogP contribution in [0.5, 0.6) is 0 Å². The molecule has 5 fully saturated rings. The number of fused-ring (bicyclic) bond motifs is 2. The normalized spacial score (nSPS) is 39.1. The zero-order valence-corrected chi connectivity index (χ0v) is 28.6. The summed E-state index contributed by atoms with van der Waals surface area (Å²) in [5, 5.41) is 0. The van der Waals surface area contributed by atoms with E-state index in [-0.39, 0.29) is 54.2 Å². The third-order valence-corrected chi connectivity index (χ3v) is 13.0. The van der Waals surface area contributed by atoms with Crippen molar-refractivity contribution < 1.29 is 33.4 Å². The zero-order valence-electron chi connectivity index (χ0n) is 28.6. The highest BCUT2D eigenvalue weighted by atomic mass is 16.6. The van der Waals surface area contributed by atoms with Gasteiger partial charge in [0.1, 0.15) is 19.5 Å². The Labute approximate surface area is 280 Å². The van der Waals surface area contributed by atoms with Crippen LogP contribution in [0.1, 0.15) is 91.4 Å². The number of hydrogen-bond donors (Lipinski definition) is 0. The minimum atomic E-state index is -0.419. The van der Waals surface area contributed by atoms with Crippen molar-refractivity contribution in [3.63, 3.8) is 0 Å². The first-order chi connectivity index (χ1) is 22.6. The summed E-state index contributed by atoms with van der Waals surface area (Å²) in [6.45, 7) is 7.56. The number of esters is 2. The monoisotopic (exact) mass is 646 g/mol. The SMILES string of the molecule is CC1=CC(=O)[C@H]2/C(C=O)=C\C[C@H]3[C@@H]([C@@H](C)/C=C\C=C/C(=O)OCCOCCOC(=O)CC45CC6CC(CC(C6)C4)C5)CC[C@]3(C)C[C@H]12. The largest absolute Gasteiger partial charge is 0.463 e. The van der Waals surface area contributed by atoms with Crippen LogP contribution in [0.3, 0.4) is 0 Å². The summed E-state index contributed by atoms with van der Waals surface area (Å²) in [5.74, 6) is 3.05. The lowest BCUT2D eigenvalue weighted by Crippen LogP contribution is -2.47. The summed E-state index contributed by atoms with van der Waals surface area (Å²) in [6, 6.07) is 0. The van der Waals surface area contributed by atoms with Crippen molar-refractivity contribution in [2.24, 2.45) is 58.2 Å². The van der Waals surface area contributed by atoms with Gasteiger partial charge in [0.25, 0.3) is 0 Å². The number of rotatable bonds is 13. The lowest BCUT2D eigenvalue weighted by molar-refractivity contribution is -0.153. The third kappa shape index (κ3) is 7.60. The molecular formula is C40H54O7. The van der Waals surface area contributed by atoms with Crippen LogP contribution in [0.25, 0.3) is 0 Å². The van der Waals surface area contributed by atoms with Gasteiger partial charge in [0, 0.05) is 6.08 Å². The number of aldehydes is 1. The highest BCUT2D eigenvalue weighted by Crippen LogP contribution is 2.61. The van der Waals surface area contributed by atoms with Gasteiger partial charge in [0.15, 0.2) is 5.78 Å². The molecule has 5 saturated carbocycles. The fourth-order valence-electron chi connectivity index (χ4n) is 11.3. The van der Waals surface area contributed by atoms with E-state index in [0.717, 1.165) is 55.3 Å². The second kappa shape index (κ2) is 14.4. The zero-order chi connectivity index (χ0) is 33.2. The molecule has 0 aromatic heterocycles. The molecule has 7 nitrogen and oxygen atoms in total. The molecule has 0 amide bonds. The number of hydrogen-bond acceptors (Lipinski definition) is 7. The van der Waals surface area contributed by atoms with Crippen LogP contribution < -0.4 is 0 Å². The molecule has 7 aliphatic carbocycles. The molecular weight excluding hydrogens is 592 g/mol. The molecule has 0 unspecified atom stereocenters. The van der Waals surface area contributed by atoms with Gasteiger partial charge in [-0.1, -0.05) is 43.7 Å². The van der Waals surface area contributed by atoms with Crippen LogP contribution in [-0.4, -0.2) is 50.4 Å². The fourth-order valence-corrected chi connectivity index (χ4v) is 11.3. The lowest BCUT2D eigenvalue weighted by atomic mass is 9.49. The van der Waals surface area contributed by atoms with Crippen molar-refractivity contribution in [1.29, 1.82) is 0 Å². The maximum Gasteiger partial charge on any atom is 0.330 e. The molecule has 0 N–H and O–H groups in total. The summed E-state index contributed by atoms with van der Waals surface area (Å²) in [7, 11) is 0. The lowest BCUT2D eigenvalue weighted by Gasteiger charge is -2.56. The quantitative estimate of drug-likeness (QED) is 0.0689. The molecule has 0 radical (unpaired) electrons. The van der Waals surface area contributed by atoms with Crippen LogP contribution in [0, 0.1) is 58.2 Å². The molecule has 7 heteroatoms. The summed E-state index contributed by atoms with van der Waals surface area (Å²) in [5.41, 5.74) is 2.07. The Kier molecular flexibility index (Phi) is 10.4. The Hall–Kier alpha value is -2.80. The Balaban J connectivity index is 0.872. The maximum absolute atomic E-state index is 12.7. The summed E-state index contributed by atoms with van der Waals surface area (Å²) in [6.07, 6.45) is 24.2.